The van der Waals surface area contributed by atoms with Crippen molar-refractivity contribution in [3.63, 3.8) is 0 Å². The van der Waals surface area contributed by atoms with Crippen molar-refractivity contribution in [3.8, 4) is 16.9 Å². The highest BCUT2D eigenvalue weighted by Crippen LogP contribution is 2.51. The monoisotopic (exact) mass is 885 g/mol. The van der Waals surface area contributed by atoms with E-state index in [1.54, 1.807) is 12.1 Å². The van der Waals surface area contributed by atoms with Gasteiger partial charge in [-0.1, -0.05) is 60.7 Å². The number of rotatable bonds is 13. The van der Waals surface area contributed by atoms with Gasteiger partial charge in [0, 0.05) is 55.1 Å². The number of aliphatic hydroxyl groups excluding tert-OH is 1. The largest absolute Gasteiger partial charge is 0.542 e. The van der Waals surface area contributed by atoms with Crippen molar-refractivity contribution in [1.29, 1.82) is 0 Å². The standard InChI is InChI=1S/C45H49N5O7.C2HF3O2/c1-26-20-28(24-46-25-39(52)32-15-18-38(51)42-33(32)16-19-41(54)49-42)13-17-34(26)47-40(53)11-7-8-27-12-14-31(29-9-5-4-6-10-29)35(21-27)48-45(55)56-30-22-36-43-44(57-43)37(23-30)50(36,2)3;3-2(4,5)1(6)7/h4-6,9-10,12-21,30,36-37,39,43-44,46,52H,7-8,11,22-25H2,1-3H3,(H3-,47,48,49,51,53,54,55);(H,6,7)/t30?,36-,37+,39-,43-,44+;/m0./s1. The number of morpholine rings is 1. The topological polar surface area (TPSA) is 205 Å². The molecule has 8 rings (SSSR count). The maximum absolute atomic E-state index is 13.3. The number of carbonyl (C=O) groups excluding carboxylic acids is 3. The number of carboxylic acid groups (broad SMARTS) is 1. The average Bonchev–Trinajstić information content (AvgIpc) is 4.01. The molecule has 1 unspecified atom stereocenters. The first kappa shape index (κ1) is 45.7. The van der Waals surface area contributed by atoms with Gasteiger partial charge in [-0.15, -0.1) is 0 Å². The first-order chi connectivity index (χ1) is 30.4. The molecule has 3 aliphatic rings. The van der Waals surface area contributed by atoms with Gasteiger partial charge in [0.2, 0.25) is 11.5 Å². The SMILES string of the molecule is Cc1cc(CNC[C@H](O)c2ccc(O)c3[nH]c(=O)ccc23)ccc1NC(=O)CCCc1ccc(-c2ccccc2)c(NC(=O)OC2C[C@@H]3[C@H]4O[C@H]4[C@H](C2)[N+]3(C)C)c1.O=C([O-])C(F)(F)F. The molecule has 4 heterocycles. The molecule has 3 fully saturated rings. The van der Waals surface area contributed by atoms with E-state index in [-0.39, 0.29) is 42.1 Å². The fourth-order valence-corrected chi connectivity index (χ4v) is 8.97. The number of pyridine rings is 1. The predicted molar refractivity (Wildman–Crippen MR) is 230 cm³/mol. The zero-order valence-corrected chi connectivity index (χ0v) is 35.4. The number of phenolic OH excluding ortho intramolecular Hbond substituents is 1. The lowest BCUT2D eigenvalue weighted by Crippen LogP contribution is -2.60. The van der Waals surface area contributed by atoms with E-state index >= 15 is 0 Å². The van der Waals surface area contributed by atoms with Crippen LogP contribution in [0.5, 0.6) is 5.75 Å². The van der Waals surface area contributed by atoms with Crippen molar-refractivity contribution >= 4 is 40.2 Å². The smallest absolute Gasteiger partial charge is 0.430 e. The van der Waals surface area contributed by atoms with Gasteiger partial charge in [0.25, 0.3) is 0 Å². The maximum atomic E-state index is 13.3. The number of nitrogens with one attached hydrogen (secondary N) is 4. The molecule has 64 heavy (non-hydrogen) atoms. The fraction of sp³-hybridized carbons (Fsp3) is 0.362. The van der Waals surface area contributed by atoms with Crippen molar-refractivity contribution in [2.24, 2.45) is 0 Å². The van der Waals surface area contributed by atoms with Crippen LogP contribution in [0.3, 0.4) is 0 Å². The fourth-order valence-electron chi connectivity index (χ4n) is 8.97. The Bertz CT molecular complexity index is 2570. The highest BCUT2D eigenvalue weighted by Gasteiger charge is 2.70. The highest BCUT2D eigenvalue weighted by atomic mass is 19.4. The Kier molecular flexibility index (Phi) is 13.5. The van der Waals surface area contributed by atoms with Gasteiger partial charge in [-0.05, 0) is 71.8 Å². The number of piperidine rings is 1. The van der Waals surface area contributed by atoms with Crippen molar-refractivity contribution in [3.05, 3.63) is 124 Å². The van der Waals surface area contributed by atoms with E-state index in [0.717, 1.165) is 50.8 Å². The number of aliphatic hydroxyl groups is 1. The van der Waals surface area contributed by atoms with Crippen LogP contribution >= 0.6 is 0 Å². The summed E-state index contributed by atoms with van der Waals surface area (Å²) in [6.45, 7) is 2.69. The molecule has 338 valence electrons. The second kappa shape index (κ2) is 18.8. The number of aryl methyl sites for hydroxylation is 2. The van der Waals surface area contributed by atoms with Crippen molar-refractivity contribution in [1.82, 2.24) is 10.3 Å². The number of nitrogens with zero attached hydrogens (tertiary/aromatic N) is 1. The highest BCUT2D eigenvalue weighted by molar-refractivity contribution is 5.93. The van der Waals surface area contributed by atoms with Crippen LogP contribution < -0.4 is 26.6 Å². The van der Waals surface area contributed by atoms with Crippen LogP contribution in [-0.2, 0) is 32.0 Å². The van der Waals surface area contributed by atoms with Gasteiger partial charge >= 0.3 is 12.3 Å². The van der Waals surface area contributed by atoms with Crippen LogP contribution in [0.1, 0.15) is 54.0 Å². The van der Waals surface area contributed by atoms with E-state index in [9.17, 15) is 37.8 Å². The van der Waals surface area contributed by atoms with Crippen LogP contribution in [0.2, 0.25) is 0 Å². The average molecular weight is 886 g/mol. The zero-order valence-electron chi connectivity index (χ0n) is 35.4. The number of ether oxygens (including phenoxy) is 2. The summed E-state index contributed by atoms with van der Waals surface area (Å²) in [5.41, 5.74) is 6.79. The summed E-state index contributed by atoms with van der Waals surface area (Å²) in [5, 5.41) is 39.8. The number of aromatic hydroxyl groups is 1. The number of amides is 2. The van der Waals surface area contributed by atoms with Crippen LogP contribution in [0.25, 0.3) is 22.0 Å². The summed E-state index contributed by atoms with van der Waals surface area (Å²) < 4.78 is 44.4. The van der Waals surface area contributed by atoms with E-state index in [1.165, 1.54) is 12.1 Å². The molecule has 5 aromatic rings. The number of H-pyrrole nitrogens is 1. The van der Waals surface area contributed by atoms with Gasteiger partial charge in [0.15, 0.2) is 0 Å². The third-order valence-electron chi connectivity index (χ3n) is 12.3. The molecule has 0 spiro atoms. The molecule has 2 amide bonds. The van der Waals surface area contributed by atoms with Crippen molar-refractivity contribution < 1.29 is 56.8 Å². The minimum Gasteiger partial charge on any atom is -0.542 e. The predicted octanol–water partition coefficient (Wildman–Crippen LogP) is 5.60. The minimum atomic E-state index is -5.19. The third-order valence-corrected chi connectivity index (χ3v) is 12.3. The van der Waals surface area contributed by atoms with Crippen LogP contribution in [-0.4, -0.2) is 94.9 Å². The Labute approximate surface area is 366 Å². The molecular formula is C47H50F3N5O9. The van der Waals surface area contributed by atoms with Crippen LogP contribution in [0.4, 0.5) is 29.3 Å². The number of carboxylic acids is 1. The number of hydrogen-bond donors (Lipinski definition) is 6. The number of aromatic nitrogens is 1. The van der Waals surface area contributed by atoms with Crippen molar-refractivity contribution in [2.75, 3.05) is 31.3 Å². The van der Waals surface area contributed by atoms with E-state index in [2.05, 4.69) is 35.0 Å². The molecule has 4 aromatic carbocycles. The molecule has 0 saturated carbocycles. The molecule has 6 N–H and O–H groups in total. The number of aliphatic carboxylic acids is 1. The van der Waals surface area contributed by atoms with Gasteiger partial charge in [-0.3, -0.25) is 14.9 Å². The Morgan fingerprint density at radius 2 is 1.61 bits per heavy atom. The lowest BCUT2D eigenvalue weighted by Gasteiger charge is -2.45. The number of hydrogen-bond acceptors (Lipinski definition) is 10. The molecule has 3 saturated heterocycles. The summed E-state index contributed by atoms with van der Waals surface area (Å²) >= 11 is 0. The zero-order chi connectivity index (χ0) is 45.9. The Hall–Kier alpha value is -6.27. The second-order valence-electron chi connectivity index (χ2n) is 17.0. The summed E-state index contributed by atoms with van der Waals surface area (Å²) in [6, 6.07) is 28.6. The minimum absolute atomic E-state index is 0.0534. The summed E-state index contributed by atoms with van der Waals surface area (Å²) in [6.07, 6.45) is -2.88. The molecule has 0 radical (unpaired) electrons. The van der Waals surface area contributed by atoms with Gasteiger partial charge in [-0.25, -0.2) is 4.79 Å². The van der Waals surface area contributed by atoms with E-state index in [0.29, 0.717) is 60.0 Å². The van der Waals surface area contributed by atoms with Crippen LogP contribution in [0.15, 0.2) is 95.8 Å². The molecule has 17 heteroatoms. The van der Waals surface area contributed by atoms with E-state index < -0.39 is 24.3 Å². The second-order valence-corrected chi connectivity index (χ2v) is 17.0. The number of likely N-dealkylation sites (N-methyl/N-ethyl adjacent to an activating group) is 1. The molecule has 0 aliphatic carbocycles. The first-order valence-corrected chi connectivity index (χ1v) is 20.9. The summed E-state index contributed by atoms with van der Waals surface area (Å²) in [4.78, 5) is 49.5. The summed E-state index contributed by atoms with van der Waals surface area (Å²) in [5.74, 6) is -3.14. The lowest BCUT2D eigenvalue weighted by atomic mass is 9.96. The molecular weight excluding hydrogens is 836 g/mol. The first-order valence-electron chi connectivity index (χ1n) is 20.9. The Morgan fingerprint density at radius 3 is 2.28 bits per heavy atom. The normalized spacial score (nSPS) is 20.9. The quantitative estimate of drug-likeness (QED) is 0.0638. The Morgan fingerprint density at radius 1 is 0.922 bits per heavy atom. The van der Waals surface area contributed by atoms with E-state index in [1.807, 2.05) is 73.7 Å². The lowest BCUT2D eigenvalue weighted by molar-refractivity contribution is -0.938. The number of phenols is 1. The van der Waals surface area contributed by atoms with Gasteiger partial charge in [0.1, 0.15) is 42.1 Å². The number of aromatic amines is 1. The number of anilines is 2. The van der Waals surface area contributed by atoms with E-state index in [4.69, 9.17) is 19.4 Å². The van der Waals surface area contributed by atoms with Gasteiger partial charge < -0.3 is 49.7 Å². The molecule has 14 nitrogen and oxygen atoms in total. The molecule has 2 bridgehead atoms. The molecule has 6 atom stereocenters. The number of fused-ring (bicyclic) bond motifs is 6. The summed E-state index contributed by atoms with van der Waals surface area (Å²) in [7, 11) is 4.51. The molecule has 1 aromatic heterocycles. The number of benzene rings is 4. The number of quaternary nitrogens is 1. The number of epoxide rings is 1. The van der Waals surface area contributed by atoms with Crippen LogP contribution in [0, 0.1) is 6.92 Å². The van der Waals surface area contributed by atoms with Gasteiger partial charge in [-0.2, -0.15) is 13.2 Å². The third kappa shape index (κ3) is 10.6. The number of carbonyl (C=O) groups is 3. The molecule has 3 aliphatic heterocycles. The van der Waals surface area contributed by atoms with Crippen molar-refractivity contribution in [2.45, 2.75) is 88.2 Å². The number of halogens is 3. The number of alkyl halides is 3. The van der Waals surface area contributed by atoms with Gasteiger partial charge in [0.05, 0.1) is 31.4 Å². The Balaban J connectivity index is 0.000000809. The maximum Gasteiger partial charge on any atom is 0.430 e.